The Bertz CT molecular complexity index is 865. The molecule has 4 rings (SSSR count). The number of hydrogen-bond acceptors (Lipinski definition) is 4. The maximum Gasteiger partial charge on any atom is 0.128 e. The highest BCUT2D eigenvalue weighted by molar-refractivity contribution is 7.99. The molecule has 0 fully saturated rings. The van der Waals surface area contributed by atoms with Gasteiger partial charge in [-0.2, -0.15) is 0 Å². The van der Waals surface area contributed by atoms with Gasteiger partial charge in [0.15, 0.2) is 0 Å². The third kappa shape index (κ3) is 2.90. The summed E-state index contributed by atoms with van der Waals surface area (Å²) in [6.45, 7) is 6.48. The molecular formula is C19H20N2S2. The lowest BCUT2D eigenvalue weighted by molar-refractivity contribution is 0.509. The molecule has 1 aliphatic rings. The fourth-order valence-electron chi connectivity index (χ4n) is 3.20. The largest absolute Gasteiger partial charge is 0.226 e. The molecule has 1 aromatic carbocycles. The third-order valence-corrected chi connectivity index (χ3v) is 6.61. The van der Waals surface area contributed by atoms with Crippen molar-refractivity contribution in [2.75, 3.05) is 0 Å². The molecular weight excluding hydrogens is 320 g/mol. The number of aryl methyl sites for hydroxylation is 3. The molecule has 0 amide bonds. The van der Waals surface area contributed by atoms with E-state index in [0.29, 0.717) is 0 Å². The second-order valence-corrected chi connectivity index (χ2v) is 8.67. The van der Waals surface area contributed by atoms with E-state index >= 15 is 0 Å². The van der Waals surface area contributed by atoms with Crippen molar-refractivity contribution >= 4 is 33.3 Å². The van der Waals surface area contributed by atoms with Gasteiger partial charge in [0.05, 0.1) is 0 Å². The van der Waals surface area contributed by atoms with Crippen LogP contribution in [0.4, 0.5) is 0 Å². The zero-order chi connectivity index (χ0) is 16.0. The standard InChI is InChI=1S/C19H20N2S2/c1-11-4-7-14(8-5-11)22-18-17-15-9-6-12(2)10-16(15)23-19(17)21-13(3)20-18/h4-5,7-8,12H,6,9-10H2,1-3H3/t12-/m0/s1. The summed E-state index contributed by atoms with van der Waals surface area (Å²) < 4.78 is 0. The van der Waals surface area contributed by atoms with Gasteiger partial charge in [-0.25, -0.2) is 9.97 Å². The van der Waals surface area contributed by atoms with E-state index < -0.39 is 0 Å². The summed E-state index contributed by atoms with van der Waals surface area (Å²) in [5.74, 6) is 1.66. The van der Waals surface area contributed by atoms with Crippen molar-refractivity contribution in [1.29, 1.82) is 0 Å². The third-order valence-electron chi connectivity index (χ3n) is 4.47. The fourth-order valence-corrected chi connectivity index (χ4v) is 5.69. The van der Waals surface area contributed by atoms with Crippen molar-refractivity contribution in [2.45, 2.75) is 50.0 Å². The van der Waals surface area contributed by atoms with Crippen LogP contribution in [0.5, 0.6) is 0 Å². The Morgan fingerprint density at radius 2 is 1.91 bits per heavy atom. The van der Waals surface area contributed by atoms with Crippen LogP contribution in [-0.2, 0) is 12.8 Å². The Labute approximate surface area is 145 Å². The smallest absolute Gasteiger partial charge is 0.128 e. The number of thiophene rings is 1. The Balaban J connectivity index is 1.83. The molecule has 4 heteroatoms. The normalized spacial score (nSPS) is 17.4. The highest BCUT2D eigenvalue weighted by Gasteiger charge is 2.23. The first kappa shape index (κ1) is 15.2. The van der Waals surface area contributed by atoms with Gasteiger partial charge in [0.2, 0.25) is 0 Å². The monoisotopic (exact) mass is 340 g/mol. The Morgan fingerprint density at radius 1 is 1.13 bits per heavy atom. The molecule has 0 N–H and O–H groups in total. The molecule has 2 heterocycles. The molecule has 0 unspecified atom stereocenters. The van der Waals surface area contributed by atoms with Crippen molar-refractivity contribution in [3.05, 3.63) is 46.1 Å². The molecule has 1 aliphatic carbocycles. The highest BCUT2D eigenvalue weighted by Crippen LogP contribution is 2.42. The maximum absolute atomic E-state index is 4.78. The summed E-state index contributed by atoms with van der Waals surface area (Å²) in [7, 11) is 0. The number of rotatable bonds is 2. The van der Waals surface area contributed by atoms with Gasteiger partial charge in [0.1, 0.15) is 15.7 Å². The lowest BCUT2D eigenvalue weighted by Gasteiger charge is -2.18. The van der Waals surface area contributed by atoms with Gasteiger partial charge in [-0.05, 0) is 56.7 Å². The Kier molecular flexibility index (Phi) is 3.90. The van der Waals surface area contributed by atoms with Gasteiger partial charge >= 0.3 is 0 Å². The van der Waals surface area contributed by atoms with Gasteiger partial charge in [-0.3, -0.25) is 0 Å². The fraction of sp³-hybridized carbons (Fsp3) is 0.368. The van der Waals surface area contributed by atoms with Gasteiger partial charge in [-0.1, -0.05) is 36.4 Å². The van der Waals surface area contributed by atoms with Crippen molar-refractivity contribution in [2.24, 2.45) is 5.92 Å². The van der Waals surface area contributed by atoms with E-state index in [-0.39, 0.29) is 0 Å². The molecule has 1 atom stereocenters. The molecule has 0 radical (unpaired) electrons. The van der Waals surface area contributed by atoms with Crippen LogP contribution in [0.3, 0.4) is 0 Å². The van der Waals surface area contributed by atoms with Crippen molar-refractivity contribution in [3.63, 3.8) is 0 Å². The summed E-state index contributed by atoms with van der Waals surface area (Å²) in [5.41, 5.74) is 2.80. The van der Waals surface area contributed by atoms with Crippen molar-refractivity contribution in [3.8, 4) is 0 Å². The van der Waals surface area contributed by atoms with Gasteiger partial charge in [-0.15, -0.1) is 11.3 Å². The number of nitrogens with zero attached hydrogens (tertiary/aromatic N) is 2. The Hall–Kier alpha value is -1.39. The van der Waals surface area contributed by atoms with Crippen LogP contribution in [0.15, 0.2) is 34.2 Å². The minimum absolute atomic E-state index is 0.790. The molecule has 0 spiro atoms. The van der Waals surface area contributed by atoms with E-state index in [1.54, 1.807) is 11.8 Å². The summed E-state index contributed by atoms with van der Waals surface area (Å²) in [6, 6.07) is 8.70. The van der Waals surface area contributed by atoms with Crippen LogP contribution >= 0.6 is 23.1 Å². The number of fused-ring (bicyclic) bond motifs is 3. The number of aromatic nitrogens is 2. The van der Waals surface area contributed by atoms with Crippen molar-refractivity contribution in [1.82, 2.24) is 9.97 Å². The van der Waals surface area contributed by atoms with Crippen LogP contribution < -0.4 is 0 Å². The van der Waals surface area contributed by atoms with E-state index in [4.69, 9.17) is 9.97 Å². The van der Waals surface area contributed by atoms with Gasteiger partial charge in [0, 0.05) is 15.2 Å². The number of benzene rings is 1. The molecule has 0 aliphatic heterocycles. The van der Waals surface area contributed by atoms with Crippen LogP contribution in [0.25, 0.3) is 10.2 Å². The van der Waals surface area contributed by atoms with E-state index in [0.717, 1.165) is 16.8 Å². The van der Waals surface area contributed by atoms with Crippen LogP contribution in [0, 0.1) is 19.8 Å². The molecule has 0 saturated carbocycles. The molecule has 2 aromatic heterocycles. The summed E-state index contributed by atoms with van der Waals surface area (Å²) in [6.07, 6.45) is 3.65. The van der Waals surface area contributed by atoms with E-state index in [1.165, 1.54) is 50.4 Å². The molecule has 23 heavy (non-hydrogen) atoms. The van der Waals surface area contributed by atoms with Gasteiger partial charge < -0.3 is 0 Å². The van der Waals surface area contributed by atoms with Gasteiger partial charge in [0.25, 0.3) is 0 Å². The quantitative estimate of drug-likeness (QED) is 0.569. The van der Waals surface area contributed by atoms with Crippen LogP contribution in [0.2, 0.25) is 0 Å². The zero-order valence-electron chi connectivity index (χ0n) is 13.7. The first-order chi connectivity index (χ1) is 11.1. The summed E-state index contributed by atoms with van der Waals surface area (Å²) >= 11 is 3.65. The van der Waals surface area contributed by atoms with Crippen LogP contribution in [-0.4, -0.2) is 9.97 Å². The van der Waals surface area contributed by atoms with E-state index in [1.807, 2.05) is 18.3 Å². The highest BCUT2D eigenvalue weighted by atomic mass is 32.2. The van der Waals surface area contributed by atoms with E-state index in [2.05, 4.69) is 38.1 Å². The topological polar surface area (TPSA) is 25.8 Å². The second kappa shape index (κ2) is 5.91. The minimum atomic E-state index is 0.790. The maximum atomic E-state index is 4.78. The first-order valence-corrected chi connectivity index (χ1v) is 9.77. The molecule has 3 aromatic rings. The lowest BCUT2D eigenvalue weighted by atomic mass is 9.89. The predicted molar refractivity (Wildman–Crippen MR) is 98.6 cm³/mol. The number of hydrogen-bond donors (Lipinski definition) is 0. The average molecular weight is 341 g/mol. The predicted octanol–water partition coefficient (Wildman–Crippen LogP) is 5.58. The molecule has 0 saturated heterocycles. The second-order valence-electron chi connectivity index (χ2n) is 6.52. The lowest BCUT2D eigenvalue weighted by Crippen LogP contribution is -2.08. The van der Waals surface area contributed by atoms with Crippen LogP contribution in [0.1, 0.15) is 35.2 Å². The average Bonchev–Trinajstić information content (AvgIpc) is 2.86. The Morgan fingerprint density at radius 3 is 2.70 bits per heavy atom. The molecule has 0 bridgehead atoms. The van der Waals surface area contributed by atoms with E-state index in [9.17, 15) is 0 Å². The minimum Gasteiger partial charge on any atom is -0.226 e. The summed E-state index contributed by atoms with van der Waals surface area (Å²) in [5, 5.41) is 2.44. The van der Waals surface area contributed by atoms with Crippen molar-refractivity contribution < 1.29 is 0 Å². The molecule has 2 nitrogen and oxygen atoms in total. The zero-order valence-corrected chi connectivity index (χ0v) is 15.4. The first-order valence-electron chi connectivity index (χ1n) is 8.13. The SMILES string of the molecule is Cc1ccc(Sc2nc(C)nc3sc4c(c23)CC[C@H](C)C4)cc1. The molecule has 118 valence electrons. The summed E-state index contributed by atoms with van der Waals surface area (Å²) in [4.78, 5) is 13.4.